The highest BCUT2D eigenvalue weighted by Crippen LogP contribution is 2.13. The number of primary sulfonamides is 1. The average molecular weight is 316 g/mol. The van der Waals surface area contributed by atoms with Crippen LogP contribution in [0, 0.1) is 13.8 Å². The average Bonchev–Trinajstić information content (AvgIpc) is 2.32. The third-order valence-corrected chi connectivity index (χ3v) is 3.91. The molecule has 0 atom stereocenters. The molecule has 0 aliphatic rings. The van der Waals surface area contributed by atoms with Crippen LogP contribution >= 0.6 is 0 Å². The lowest BCUT2D eigenvalue weighted by atomic mass is 10.1. The standard InChI is InChI=1S/C13H20N2O5S/c1-4-20-13(17)12-9(2)8-11(16)15(10(12)3)6-5-7-21(14,18)19/h8H,4-7H2,1-3H3,(H2,14,18,19). The molecule has 0 spiro atoms. The SMILES string of the molecule is CCOC(=O)c1c(C)cc(=O)n(CCCS(N)(=O)=O)c1C. The van der Waals surface area contributed by atoms with Crippen molar-refractivity contribution in [3.63, 3.8) is 0 Å². The van der Waals surface area contributed by atoms with Gasteiger partial charge in [0.1, 0.15) is 0 Å². The number of rotatable bonds is 6. The van der Waals surface area contributed by atoms with Crippen LogP contribution in [0.5, 0.6) is 0 Å². The highest BCUT2D eigenvalue weighted by molar-refractivity contribution is 7.89. The number of nitrogens with two attached hydrogens (primary N) is 1. The van der Waals surface area contributed by atoms with Crippen LogP contribution in [0.4, 0.5) is 0 Å². The van der Waals surface area contributed by atoms with Crippen molar-refractivity contribution in [3.8, 4) is 0 Å². The molecule has 1 rings (SSSR count). The van der Waals surface area contributed by atoms with Crippen LogP contribution in [0.25, 0.3) is 0 Å². The molecule has 0 saturated heterocycles. The maximum Gasteiger partial charge on any atom is 0.340 e. The molecule has 0 aromatic carbocycles. The predicted molar refractivity (Wildman–Crippen MR) is 78.7 cm³/mol. The number of nitrogens with zero attached hydrogens (tertiary/aromatic N) is 1. The molecular formula is C13H20N2O5S. The van der Waals surface area contributed by atoms with Crippen molar-refractivity contribution < 1.29 is 17.9 Å². The molecule has 118 valence electrons. The van der Waals surface area contributed by atoms with Gasteiger partial charge < -0.3 is 9.30 Å². The summed E-state index contributed by atoms with van der Waals surface area (Å²) in [5, 5.41) is 4.93. The lowest BCUT2D eigenvalue weighted by Crippen LogP contribution is -2.27. The Labute approximate surface area is 123 Å². The van der Waals surface area contributed by atoms with Gasteiger partial charge in [0.25, 0.3) is 5.56 Å². The quantitative estimate of drug-likeness (QED) is 0.760. The number of esters is 1. The number of aryl methyl sites for hydroxylation is 1. The number of hydrogen-bond acceptors (Lipinski definition) is 5. The van der Waals surface area contributed by atoms with Crippen LogP contribution in [0.2, 0.25) is 0 Å². The monoisotopic (exact) mass is 316 g/mol. The van der Waals surface area contributed by atoms with Gasteiger partial charge in [-0.1, -0.05) is 0 Å². The Bertz CT molecular complexity index is 691. The second-order valence-corrected chi connectivity index (χ2v) is 6.45. The Morgan fingerprint density at radius 3 is 2.52 bits per heavy atom. The topological polar surface area (TPSA) is 108 Å². The first kappa shape index (κ1) is 17.4. The van der Waals surface area contributed by atoms with Crippen molar-refractivity contribution >= 4 is 16.0 Å². The fourth-order valence-electron chi connectivity index (χ4n) is 2.13. The first-order valence-corrected chi connectivity index (χ1v) is 8.27. The zero-order valence-corrected chi connectivity index (χ0v) is 13.2. The number of hydrogen-bond donors (Lipinski definition) is 1. The summed E-state index contributed by atoms with van der Waals surface area (Å²) in [4.78, 5) is 23.9. The number of pyridine rings is 1. The number of sulfonamides is 1. The third-order valence-electron chi connectivity index (χ3n) is 3.06. The molecule has 0 saturated carbocycles. The number of carbonyl (C=O) groups is 1. The Kier molecular flexibility index (Phi) is 5.68. The van der Waals surface area contributed by atoms with Gasteiger partial charge in [-0.2, -0.15) is 0 Å². The number of ether oxygens (including phenoxy) is 1. The smallest absolute Gasteiger partial charge is 0.340 e. The summed E-state index contributed by atoms with van der Waals surface area (Å²) in [5.74, 6) is -0.714. The first-order valence-electron chi connectivity index (χ1n) is 6.56. The molecule has 1 aromatic heterocycles. The molecule has 0 aliphatic carbocycles. The Hall–Kier alpha value is -1.67. The zero-order valence-electron chi connectivity index (χ0n) is 12.4. The van der Waals surface area contributed by atoms with E-state index in [-0.39, 0.29) is 30.9 Å². The summed E-state index contributed by atoms with van der Waals surface area (Å²) in [6.07, 6.45) is 0.199. The van der Waals surface area contributed by atoms with E-state index in [0.717, 1.165) is 0 Å². The Morgan fingerprint density at radius 1 is 1.38 bits per heavy atom. The van der Waals surface area contributed by atoms with Gasteiger partial charge >= 0.3 is 5.97 Å². The van der Waals surface area contributed by atoms with E-state index in [1.54, 1.807) is 20.8 Å². The highest BCUT2D eigenvalue weighted by Gasteiger charge is 2.17. The third kappa shape index (κ3) is 4.68. The normalized spacial score (nSPS) is 11.4. The second-order valence-electron chi connectivity index (χ2n) is 4.72. The van der Waals surface area contributed by atoms with E-state index in [1.807, 2.05) is 0 Å². The van der Waals surface area contributed by atoms with Crippen LogP contribution in [0.3, 0.4) is 0 Å². The molecule has 0 fully saturated rings. The molecule has 1 heterocycles. The molecule has 0 unspecified atom stereocenters. The van der Waals surface area contributed by atoms with E-state index >= 15 is 0 Å². The maximum absolute atomic E-state index is 12.0. The minimum Gasteiger partial charge on any atom is -0.462 e. The fraction of sp³-hybridized carbons (Fsp3) is 0.538. The first-order chi connectivity index (χ1) is 9.67. The van der Waals surface area contributed by atoms with Gasteiger partial charge in [-0.15, -0.1) is 0 Å². The second kappa shape index (κ2) is 6.86. The summed E-state index contributed by atoms with van der Waals surface area (Å²) in [6.45, 7) is 5.41. The summed E-state index contributed by atoms with van der Waals surface area (Å²) in [5.41, 5.74) is 1.06. The van der Waals surface area contributed by atoms with Crippen LogP contribution in [0.15, 0.2) is 10.9 Å². The maximum atomic E-state index is 12.0. The highest BCUT2D eigenvalue weighted by atomic mass is 32.2. The number of carbonyl (C=O) groups excluding carboxylic acids is 1. The summed E-state index contributed by atoms with van der Waals surface area (Å²) in [6, 6.07) is 1.34. The van der Waals surface area contributed by atoms with Crippen molar-refractivity contribution in [3.05, 3.63) is 33.2 Å². The van der Waals surface area contributed by atoms with Crippen molar-refractivity contribution in [2.24, 2.45) is 5.14 Å². The van der Waals surface area contributed by atoms with Crippen LogP contribution in [-0.4, -0.2) is 31.3 Å². The lowest BCUT2D eigenvalue weighted by molar-refractivity contribution is 0.0523. The van der Waals surface area contributed by atoms with E-state index in [0.29, 0.717) is 16.8 Å². The largest absolute Gasteiger partial charge is 0.462 e. The minimum absolute atomic E-state index is 0.174. The summed E-state index contributed by atoms with van der Waals surface area (Å²) in [7, 11) is -3.57. The van der Waals surface area contributed by atoms with E-state index in [2.05, 4.69) is 0 Å². The van der Waals surface area contributed by atoms with Gasteiger partial charge in [-0.05, 0) is 32.8 Å². The molecule has 21 heavy (non-hydrogen) atoms. The molecule has 0 radical (unpaired) electrons. The molecule has 0 bridgehead atoms. The molecular weight excluding hydrogens is 296 g/mol. The van der Waals surface area contributed by atoms with Crippen molar-refractivity contribution in [2.75, 3.05) is 12.4 Å². The van der Waals surface area contributed by atoms with Gasteiger partial charge in [0.05, 0.1) is 17.9 Å². The molecule has 0 aliphatic heterocycles. The Morgan fingerprint density at radius 2 is 2.00 bits per heavy atom. The van der Waals surface area contributed by atoms with Crippen molar-refractivity contribution in [1.29, 1.82) is 0 Å². The number of aromatic nitrogens is 1. The van der Waals surface area contributed by atoms with Gasteiger partial charge in [0.15, 0.2) is 0 Å². The predicted octanol–water partition coefficient (Wildman–Crippen LogP) is 0.320. The van der Waals surface area contributed by atoms with Crippen LogP contribution in [0.1, 0.15) is 35.0 Å². The minimum atomic E-state index is -3.57. The van der Waals surface area contributed by atoms with E-state index in [9.17, 15) is 18.0 Å². The molecule has 1 aromatic rings. The molecule has 2 N–H and O–H groups in total. The Balaban J connectivity index is 3.13. The van der Waals surface area contributed by atoms with E-state index < -0.39 is 16.0 Å². The van der Waals surface area contributed by atoms with Gasteiger partial charge in [0.2, 0.25) is 10.0 Å². The van der Waals surface area contributed by atoms with Gasteiger partial charge in [-0.3, -0.25) is 4.79 Å². The van der Waals surface area contributed by atoms with E-state index in [4.69, 9.17) is 9.88 Å². The zero-order chi connectivity index (χ0) is 16.2. The van der Waals surface area contributed by atoms with E-state index in [1.165, 1.54) is 10.6 Å². The molecule has 0 amide bonds. The van der Waals surface area contributed by atoms with Gasteiger partial charge in [0, 0.05) is 18.3 Å². The van der Waals surface area contributed by atoms with Gasteiger partial charge in [-0.25, -0.2) is 18.4 Å². The molecule has 8 heteroatoms. The lowest BCUT2D eigenvalue weighted by Gasteiger charge is -2.15. The molecule has 7 nitrogen and oxygen atoms in total. The van der Waals surface area contributed by atoms with Crippen LogP contribution < -0.4 is 10.7 Å². The summed E-state index contributed by atoms with van der Waals surface area (Å²) >= 11 is 0. The fourth-order valence-corrected chi connectivity index (χ4v) is 2.67. The van der Waals surface area contributed by atoms with Crippen molar-refractivity contribution in [2.45, 2.75) is 33.7 Å². The summed E-state index contributed by atoms with van der Waals surface area (Å²) < 4.78 is 28.2. The van der Waals surface area contributed by atoms with Crippen molar-refractivity contribution in [1.82, 2.24) is 4.57 Å². The van der Waals surface area contributed by atoms with Crippen LogP contribution in [-0.2, 0) is 21.3 Å².